The number of urea groups is 1. The van der Waals surface area contributed by atoms with Crippen LogP contribution in [0.4, 0.5) is 9.18 Å². The molecule has 2 aromatic carbocycles. The van der Waals surface area contributed by atoms with Crippen LogP contribution >= 0.6 is 0 Å². The molecule has 3 rings (SSSR count). The summed E-state index contributed by atoms with van der Waals surface area (Å²) in [6.45, 7) is 3.80. The van der Waals surface area contributed by atoms with Gasteiger partial charge in [-0.05, 0) is 56.6 Å². The van der Waals surface area contributed by atoms with E-state index in [4.69, 9.17) is 0 Å². The molecule has 0 unspecified atom stereocenters. The van der Waals surface area contributed by atoms with Crippen LogP contribution < -0.4 is 10.6 Å². The van der Waals surface area contributed by atoms with Gasteiger partial charge in [0, 0.05) is 26.2 Å². The Labute approximate surface area is 189 Å². The van der Waals surface area contributed by atoms with E-state index in [1.54, 1.807) is 24.0 Å². The summed E-state index contributed by atoms with van der Waals surface area (Å²) in [5.41, 5.74) is 2.45. The number of nitrogens with one attached hydrogen (secondary N) is 2. The van der Waals surface area contributed by atoms with Gasteiger partial charge in [-0.3, -0.25) is 4.79 Å². The predicted molar refractivity (Wildman–Crippen MR) is 124 cm³/mol. The molecule has 1 heterocycles. The van der Waals surface area contributed by atoms with Crippen LogP contribution in [-0.4, -0.2) is 55.5 Å². The fraction of sp³-hybridized carbons (Fsp3) is 0.440. The van der Waals surface area contributed by atoms with E-state index in [1.165, 1.54) is 6.07 Å². The van der Waals surface area contributed by atoms with Gasteiger partial charge in [-0.1, -0.05) is 42.5 Å². The summed E-state index contributed by atoms with van der Waals surface area (Å²) < 4.78 is 13.8. The second-order valence-electron chi connectivity index (χ2n) is 8.69. The molecule has 1 aliphatic heterocycles. The number of halogens is 1. The third kappa shape index (κ3) is 6.29. The van der Waals surface area contributed by atoms with E-state index in [-0.39, 0.29) is 29.7 Å². The molecule has 0 aliphatic carbocycles. The average Bonchev–Trinajstić information content (AvgIpc) is 2.79. The maximum Gasteiger partial charge on any atom is 0.318 e. The third-order valence-corrected chi connectivity index (χ3v) is 5.93. The lowest BCUT2D eigenvalue weighted by atomic mass is 9.88. The van der Waals surface area contributed by atoms with E-state index in [1.807, 2.05) is 49.3 Å². The fourth-order valence-electron chi connectivity index (χ4n) is 4.05. The van der Waals surface area contributed by atoms with Crippen LogP contribution in [0.1, 0.15) is 35.6 Å². The molecule has 0 bridgehead atoms. The zero-order chi connectivity index (χ0) is 23.1. The van der Waals surface area contributed by atoms with Gasteiger partial charge in [0.2, 0.25) is 5.91 Å². The number of likely N-dealkylation sites (N-methyl/N-ethyl adjacent to an activating group) is 1. The van der Waals surface area contributed by atoms with E-state index in [0.29, 0.717) is 38.0 Å². The zero-order valence-electron chi connectivity index (χ0n) is 19.1. The molecule has 2 aromatic rings. The largest absolute Gasteiger partial charge is 0.355 e. The number of hydrogen-bond acceptors (Lipinski definition) is 3. The second-order valence-corrected chi connectivity index (χ2v) is 8.69. The summed E-state index contributed by atoms with van der Waals surface area (Å²) in [4.78, 5) is 29.7. The van der Waals surface area contributed by atoms with Crippen LogP contribution in [0.2, 0.25) is 0 Å². The molecule has 3 amide bonds. The summed E-state index contributed by atoms with van der Waals surface area (Å²) in [6.07, 6.45) is 1.33. The number of rotatable bonds is 7. The lowest BCUT2D eigenvalue weighted by Gasteiger charge is -2.39. The summed E-state index contributed by atoms with van der Waals surface area (Å²) in [7, 11) is 3.92. The Kier molecular flexibility index (Phi) is 8.22. The van der Waals surface area contributed by atoms with Gasteiger partial charge in [0.15, 0.2) is 0 Å². The van der Waals surface area contributed by atoms with Crippen molar-refractivity contribution in [3.8, 4) is 0 Å². The second kappa shape index (κ2) is 11.1. The molecule has 0 spiro atoms. The summed E-state index contributed by atoms with van der Waals surface area (Å²) in [5.74, 6) is -0.554. The first-order valence-electron chi connectivity index (χ1n) is 11.1. The first-order valence-corrected chi connectivity index (χ1v) is 11.1. The Hall–Kier alpha value is -2.93. The molecule has 1 saturated heterocycles. The van der Waals surface area contributed by atoms with Crippen molar-refractivity contribution in [2.75, 3.05) is 33.7 Å². The Morgan fingerprint density at radius 2 is 1.84 bits per heavy atom. The quantitative estimate of drug-likeness (QED) is 0.693. The Balaban J connectivity index is 1.73. The van der Waals surface area contributed by atoms with E-state index in [9.17, 15) is 14.0 Å². The van der Waals surface area contributed by atoms with Crippen molar-refractivity contribution in [1.82, 2.24) is 20.4 Å². The number of amides is 3. The number of hydrogen-bond donors (Lipinski definition) is 2. The van der Waals surface area contributed by atoms with Gasteiger partial charge < -0.3 is 20.4 Å². The van der Waals surface area contributed by atoms with Crippen molar-refractivity contribution >= 4 is 11.9 Å². The van der Waals surface area contributed by atoms with E-state index in [0.717, 1.165) is 17.7 Å². The molecule has 1 fully saturated rings. The van der Waals surface area contributed by atoms with Crippen LogP contribution in [-0.2, 0) is 11.3 Å². The van der Waals surface area contributed by atoms with Gasteiger partial charge in [0.1, 0.15) is 5.82 Å². The first kappa shape index (κ1) is 23.7. The number of carbonyl (C=O) groups excluding carboxylic acids is 2. The Morgan fingerprint density at radius 3 is 2.53 bits per heavy atom. The molecular formula is C25H33FN4O2. The van der Waals surface area contributed by atoms with Crippen molar-refractivity contribution < 1.29 is 14.0 Å². The Morgan fingerprint density at radius 1 is 1.09 bits per heavy atom. The summed E-state index contributed by atoms with van der Waals surface area (Å²) in [6, 6.07) is 14.3. The fourth-order valence-corrected chi connectivity index (χ4v) is 4.05. The van der Waals surface area contributed by atoms with Crippen LogP contribution in [0.25, 0.3) is 0 Å². The van der Waals surface area contributed by atoms with Crippen LogP contribution in [0.15, 0.2) is 48.5 Å². The molecule has 6 nitrogen and oxygen atoms in total. The standard InChI is InChI=1S/C25H33FN4O2/c1-18-15-20(9-11-22(18)26)23-12-10-21(24(31)27-13-14-29(2)3)17-30(23)25(32)28-16-19-7-5-4-6-8-19/h4-9,11,15,21,23H,10,12-14,16-17H2,1-3H3,(H,27,31)(H,28,32)/t21-,23+/m0/s1. The third-order valence-electron chi connectivity index (χ3n) is 5.93. The highest BCUT2D eigenvalue weighted by molar-refractivity contribution is 5.81. The highest BCUT2D eigenvalue weighted by Crippen LogP contribution is 2.34. The van der Waals surface area contributed by atoms with Crippen molar-refractivity contribution in [3.63, 3.8) is 0 Å². The first-order chi connectivity index (χ1) is 15.3. The number of benzene rings is 2. The molecule has 2 N–H and O–H groups in total. The van der Waals surface area contributed by atoms with Crippen molar-refractivity contribution in [3.05, 3.63) is 71.0 Å². The molecule has 1 aliphatic rings. The van der Waals surface area contributed by atoms with Crippen molar-refractivity contribution in [1.29, 1.82) is 0 Å². The number of piperidine rings is 1. The maximum atomic E-state index is 13.8. The minimum Gasteiger partial charge on any atom is -0.355 e. The number of carbonyl (C=O) groups is 2. The molecule has 32 heavy (non-hydrogen) atoms. The monoisotopic (exact) mass is 440 g/mol. The number of nitrogens with zero attached hydrogens (tertiary/aromatic N) is 2. The molecule has 0 radical (unpaired) electrons. The number of aryl methyl sites for hydroxylation is 1. The van der Waals surface area contributed by atoms with Crippen LogP contribution in [0, 0.1) is 18.7 Å². The van der Waals surface area contributed by atoms with Crippen molar-refractivity contribution in [2.45, 2.75) is 32.4 Å². The SMILES string of the molecule is Cc1cc([C@H]2CC[C@H](C(=O)NCCN(C)C)CN2C(=O)NCc2ccccc2)ccc1F. The van der Waals surface area contributed by atoms with Gasteiger partial charge in [-0.2, -0.15) is 0 Å². The molecule has 0 aromatic heterocycles. The van der Waals surface area contributed by atoms with Crippen LogP contribution in [0.5, 0.6) is 0 Å². The number of likely N-dealkylation sites (tertiary alicyclic amines) is 1. The van der Waals surface area contributed by atoms with Gasteiger partial charge in [0.05, 0.1) is 12.0 Å². The van der Waals surface area contributed by atoms with Gasteiger partial charge in [-0.15, -0.1) is 0 Å². The summed E-state index contributed by atoms with van der Waals surface area (Å²) >= 11 is 0. The van der Waals surface area contributed by atoms with E-state index in [2.05, 4.69) is 10.6 Å². The van der Waals surface area contributed by atoms with Gasteiger partial charge in [0.25, 0.3) is 0 Å². The normalized spacial score (nSPS) is 18.5. The zero-order valence-corrected chi connectivity index (χ0v) is 19.1. The highest BCUT2D eigenvalue weighted by atomic mass is 19.1. The molecule has 7 heteroatoms. The molecule has 2 atom stereocenters. The highest BCUT2D eigenvalue weighted by Gasteiger charge is 2.35. The van der Waals surface area contributed by atoms with E-state index < -0.39 is 0 Å². The predicted octanol–water partition coefficient (Wildman–Crippen LogP) is 3.47. The lowest BCUT2D eigenvalue weighted by molar-refractivity contribution is -0.126. The Bertz CT molecular complexity index is 919. The van der Waals surface area contributed by atoms with E-state index >= 15 is 0 Å². The molecule has 0 saturated carbocycles. The summed E-state index contributed by atoms with van der Waals surface area (Å²) in [5, 5.41) is 5.97. The van der Waals surface area contributed by atoms with Crippen molar-refractivity contribution in [2.24, 2.45) is 5.92 Å². The lowest BCUT2D eigenvalue weighted by Crippen LogP contribution is -2.50. The minimum absolute atomic E-state index is 0.0264. The smallest absolute Gasteiger partial charge is 0.318 e. The topological polar surface area (TPSA) is 64.7 Å². The minimum atomic E-state index is -0.266. The average molecular weight is 441 g/mol. The van der Waals surface area contributed by atoms with Crippen LogP contribution in [0.3, 0.4) is 0 Å². The molecular weight excluding hydrogens is 407 g/mol. The molecule has 172 valence electrons. The maximum absolute atomic E-state index is 13.8. The van der Waals surface area contributed by atoms with Gasteiger partial charge in [-0.25, -0.2) is 9.18 Å². The van der Waals surface area contributed by atoms with Gasteiger partial charge >= 0.3 is 6.03 Å².